The van der Waals surface area contributed by atoms with Crippen molar-refractivity contribution in [2.75, 3.05) is 0 Å². The maximum absolute atomic E-state index is 12.5. The van der Waals surface area contributed by atoms with E-state index in [2.05, 4.69) is 27.3 Å². The van der Waals surface area contributed by atoms with E-state index in [4.69, 9.17) is 5.11 Å². The van der Waals surface area contributed by atoms with Gasteiger partial charge >= 0.3 is 5.97 Å². The van der Waals surface area contributed by atoms with Crippen LogP contribution in [0.1, 0.15) is 49.3 Å². The molecule has 1 aromatic rings. The Morgan fingerprint density at radius 2 is 1.95 bits per heavy atom. The number of nitrogens with one attached hydrogen (secondary N) is 1. The Labute approximate surface area is 138 Å². The number of amides is 1. The molecule has 118 valence electrons. The highest BCUT2D eigenvalue weighted by molar-refractivity contribution is 9.10. The molecule has 2 N–H and O–H groups in total. The molecule has 0 spiro atoms. The van der Waals surface area contributed by atoms with Crippen molar-refractivity contribution in [1.29, 1.82) is 0 Å². The van der Waals surface area contributed by atoms with Crippen LogP contribution in [-0.2, 0) is 16.0 Å². The molecule has 0 bridgehead atoms. The Kier molecular flexibility index (Phi) is 4.52. The molecule has 4 nitrogen and oxygen atoms in total. The first-order chi connectivity index (χ1) is 10.6. The summed E-state index contributed by atoms with van der Waals surface area (Å²) in [4.78, 5) is 23.6. The minimum absolute atomic E-state index is 0.0174. The molecule has 5 heteroatoms. The topological polar surface area (TPSA) is 66.4 Å². The van der Waals surface area contributed by atoms with E-state index in [9.17, 15) is 9.59 Å². The first-order valence-corrected chi connectivity index (χ1v) is 8.66. The normalized spacial score (nSPS) is 27.2. The Hall–Kier alpha value is -1.36. The number of hydrogen-bond donors (Lipinski definition) is 2. The van der Waals surface area contributed by atoms with E-state index in [1.807, 2.05) is 12.1 Å². The second-order valence-corrected chi connectivity index (χ2v) is 7.16. The highest BCUT2D eigenvalue weighted by atomic mass is 79.9. The predicted molar refractivity (Wildman–Crippen MR) is 86.4 cm³/mol. The summed E-state index contributed by atoms with van der Waals surface area (Å²) >= 11 is 3.56. The Balaban J connectivity index is 1.66. The van der Waals surface area contributed by atoms with E-state index < -0.39 is 5.97 Å². The lowest BCUT2D eigenvalue weighted by Crippen LogP contribution is -2.36. The monoisotopic (exact) mass is 365 g/mol. The van der Waals surface area contributed by atoms with Gasteiger partial charge in [0.25, 0.3) is 0 Å². The number of benzene rings is 1. The first kappa shape index (κ1) is 15.5. The van der Waals surface area contributed by atoms with Gasteiger partial charge in [0.15, 0.2) is 0 Å². The lowest BCUT2D eigenvalue weighted by Gasteiger charge is -2.27. The van der Waals surface area contributed by atoms with Crippen molar-refractivity contribution in [2.45, 2.75) is 44.6 Å². The molecule has 0 aromatic heterocycles. The standard InChI is InChI=1S/C17H20BrNO3/c18-14-6-2-5-13-12(14)7-8-15(13)19-16(20)10-3-1-4-11(9-10)17(21)22/h2,5-6,10-11,15H,1,3-4,7-9H2,(H,19,20)(H,21,22). The van der Waals surface area contributed by atoms with Gasteiger partial charge in [0.05, 0.1) is 12.0 Å². The number of aliphatic carboxylic acids is 1. The third kappa shape index (κ3) is 3.05. The molecule has 1 saturated carbocycles. The number of rotatable bonds is 3. The van der Waals surface area contributed by atoms with Crippen LogP contribution in [-0.4, -0.2) is 17.0 Å². The van der Waals surface area contributed by atoms with Gasteiger partial charge in [-0.2, -0.15) is 0 Å². The Morgan fingerprint density at radius 1 is 1.18 bits per heavy atom. The Morgan fingerprint density at radius 3 is 2.73 bits per heavy atom. The van der Waals surface area contributed by atoms with Crippen LogP contribution < -0.4 is 5.32 Å². The van der Waals surface area contributed by atoms with Gasteiger partial charge < -0.3 is 10.4 Å². The molecule has 1 amide bonds. The number of carboxylic acid groups (broad SMARTS) is 1. The lowest BCUT2D eigenvalue weighted by molar-refractivity contribution is -0.144. The third-order valence-corrected chi connectivity index (χ3v) is 5.67. The lowest BCUT2D eigenvalue weighted by atomic mass is 9.81. The van der Waals surface area contributed by atoms with Crippen molar-refractivity contribution in [3.8, 4) is 0 Å². The van der Waals surface area contributed by atoms with Crippen molar-refractivity contribution in [1.82, 2.24) is 5.32 Å². The molecule has 0 heterocycles. The molecule has 0 saturated heterocycles. The summed E-state index contributed by atoms with van der Waals surface area (Å²) in [6, 6.07) is 6.15. The van der Waals surface area contributed by atoms with Crippen molar-refractivity contribution < 1.29 is 14.7 Å². The molecular formula is C17H20BrNO3. The second kappa shape index (κ2) is 6.41. The van der Waals surface area contributed by atoms with Crippen LogP contribution in [0.3, 0.4) is 0 Å². The molecule has 3 atom stereocenters. The van der Waals surface area contributed by atoms with Gasteiger partial charge in [-0.05, 0) is 49.3 Å². The van der Waals surface area contributed by atoms with Crippen molar-refractivity contribution in [3.05, 3.63) is 33.8 Å². The van der Waals surface area contributed by atoms with Gasteiger partial charge in [0, 0.05) is 10.4 Å². The molecule has 22 heavy (non-hydrogen) atoms. The fourth-order valence-corrected chi connectivity index (χ4v) is 4.28. The summed E-state index contributed by atoms with van der Waals surface area (Å²) in [6.45, 7) is 0. The first-order valence-electron chi connectivity index (χ1n) is 7.86. The van der Waals surface area contributed by atoms with E-state index in [1.165, 1.54) is 11.1 Å². The zero-order valence-corrected chi connectivity index (χ0v) is 13.9. The molecular weight excluding hydrogens is 346 g/mol. The van der Waals surface area contributed by atoms with Gasteiger partial charge in [0.1, 0.15) is 0 Å². The van der Waals surface area contributed by atoms with Gasteiger partial charge in [0.2, 0.25) is 5.91 Å². The van der Waals surface area contributed by atoms with Crippen LogP contribution in [0.5, 0.6) is 0 Å². The zero-order chi connectivity index (χ0) is 15.7. The van der Waals surface area contributed by atoms with Crippen LogP contribution in [0.2, 0.25) is 0 Å². The maximum atomic E-state index is 12.5. The smallest absolute Gasteiger partial charge is 0.306 e. The van der Waals surface area contributed by atoms with Gasteiger partial charge in [-0.15, -0.1) is 0 Å². The number of fused-ring (bicyclic) bond motifs is 1. The van der Waals surface area contributed by atoms with Gasteiger partial charge in [-0.1, -0.05) is 34.5 Å². The quantitative estimate of drug-likeness (QED) is 0.861. The zero-order valence-electron chi connectivity index (χ0n) is 12.3. The Bertz CT molecular complexity index is 602. The van der Waals surface area contributed by atoms with Gasteiger partial charge in [-0.3, -0.25) is 9.59 Å². The summed E-state index contributed by atoms with van der Waals surface area (Å²) in [5, 5.41) is 12.3. The number of halogens is 1. The summed E-state index contributed by atoms with van der Waals surface area (Å²) < 4.78 is 1.10. The van der Waals surface area contributed by atoms with Crippen molar-refractivity contribution in [3.63, 3.8) is 0 Å². The van der Waals surface area contributed by atoms with Crippen molar-refractivity contribution >= 4 is 27.8 Å². The molecule has 2 aliphatic carbocycles. The average molecular weight is 366 g/mol. The number of carbonyl (C=O) groups excluding carboxylic acids is 1. The predicted octanol–water partition coefficient (Wildman–Crippen LogP) is 3.44. The maximum Gasteiger partial charge on any atom is 0.306 e. The van der Waals surface area contributed by atoms with Crippen molar-refractivity contribution in [2.24, 2.45) is 11.8 Å². The fraction of sp³-hybridized carbons (Fsp3) is 0.529. The van der Waals surface area contributed by atoms with Crippen LogP contribution in [0, 0.1) is 11.8 Å². The average Bonchev–Trinajstić information content (AvgIpc) is 2.92. The van der Waals surface area contributed by atoms with E-state index in [1.54, 1.807) is 0 Å². The summed E-state index contributed by atoms with van der Waals surface area (Å²) in [5.41, 5.74) is 2.47. The van der Waals surface area contributed by atoms with E-state index >= 15 is 0 Å². The molecule has 3 rings (SSSR count). The minimum atomic E-state index is -0.771. The van der Waals surface area contributed by atoms with E-state index in [0.29, 0.717) is 12.8 Å². The van der Waals surface area contributed by atoms with Crippen LogP contribution in [0.25, 0.3) is 0 Å². The fourth-order valence-electron chi connectivity index (χ4n) is 3.70. The molecule has 1 aromatic carbocycles. The summed E-state index contributed by atoms with van der Waals surface area (Å²) in [7, 11) is 0. The molecule has 2 aliphatic rings. The molecule has 0 aliphatic heterocycles. The van der Waals surface area contributed by atoms with E-state index in [0.717, 1.165) is 30.2 Å². The van der Waals surface area contributed by atoms with E-state index in [-0.39, 0.29) is 23.8 Å². The summed E-state index contributed by atoms with van der Waals surface area (Å²) in [5.74, 6) is -1.28. The van der Waals surface area contributed by atoms with Crippen LogP contribution in [0.15, 0.2) is 22.7 Å². The number of hydrogen-bond acceptors (Lipinski definition) is 2. The highest BCUT2D eigenvalue weighted by Crippen LogP contribution is 2.36. The molecule has 1 fully saturated rings. The highest BCUT2D eigenvalue weighted by Gasteiger charge is 2.33. The van der Waals surface area contributed by atoms with Crippen LogP contribution in [0.4, 0.5) is 0 Å². The van der Waals surface area contributed by atoms with Gasteiger partial charge in [-0.25, -0.2) is 0 Å². The molecule has 3 unspecified atom stereocenters. The third-order valence-electron chi connectivity index (χ3n) is 4.92. The SMILES string of the molecule is O=C(O)C1CCCC(C(=O)NC2CCc3c(Br)cccc32)C1. The van der Waals surface area contributed by atoms with Crippen LogP contribution >= 0.6 is 15.9 Å². The second-order valence-electron chi connectivity index (χ2n) is 6.31. The molecule has 0 radical (unpaired) electrons. The summed E-state index contributed by atoms with van der Waals surface area (Å²) in [6.07, 6.45) is 4.66. The minimum Gasteiger partial charge on any atom is -0.481 e. The number of carbonyl (C=O) groups is 2. The number of carboxylic acids is 1. The largest absolute Gasteiger partial charge is 0.481 e.